The highest BCUT2D eigenvalue weighted by atomic mass is 16.3. The summed E-state index contributed by atoms with van der Waals surface area (Å²) in [5, 5.41) is 5.53. The third-order valence-corrected chi connectivity index (χ3v) is 12.0. The van der Waals surface area contributed by atoms with E-state index < -0.39 is 0 Å². The van der Waals surface area contributed by atoms with E-state index in [2.05, 4.69) is 194 Å². The molecule has 0 N–H and O–H groups in total. The van der Waals surface area contributed by atoms with Gasteiger partial charge in [-0.15, -0.1) is 0 Å². The van der Waals surface area contributed by atoms with Crippen LogP contribution in [0.15, 0.2) is 229 Å². The molecule has 0 saturated carbocycles. The van der Waals surface area contributed by atoms with Gasteiger partial charge >= 0.3 is 0 Å². The lowest BCUT2D eigenvalue weighted by Gasteiger charge is -2.16. The van der Waals surface area contributed by atoms with Crippen molar-refractivity contribution in [3.8, 4) is 78.5 Å². The molecule has 3 heterocycles. The third kappa shape index (κ3) is 6.53. The van der Waals surface area contributed by atoms with Gasteiger partial charge in [0, 0.05) is 54.7 Å². The van der Waals surface area contributed by atoms with Crippen molar-refractivity contribution >= 4 is 43.6 Å². The third-order valence-electron chi connectivity index (χ3n) is 12.0. The van der Waals surface area contributed by atoms with E-state index >= 15 is 0 Å². The summed E-state index contributed by atoms with van der Waals surface area (Å²) in [6.07, 6.45) is 0. The number of nitrogens with zero attached hydrogens (tertiary/aromatic N) is 3. The van der Waals surface area contributed by atoms with Crippen LogP contribution in [0.5, 0.6) is 0 Å². The van der Waals surface area contributed by atoms with Crippen LogP contribution >= 0.6 is 0 Å². The van der Waals surface area contributed by atoms with Crippen LogP contribution < -0.4 is 0 Å². The highest BCUT2D eigenvalue weighted by Crippen LogP contribution is 2.46. The molecule has 12 rings (SSSR count). The molecule has 3 aromatic heterocycles. The van der Waals surface area contributed by atoms with Gasteiger partial charge in [0.15, 0.2) is 5.82 Å². The normalized spacial score (nSPS) is 11.5. The Morgan fingerprint density at radius 3 is 1.44 bits per heavy atom. The average molecular weight is 804 g/mol. The fraction of sp³-hybridized carbons (Fsp3) is 0. The zero-order valence-electron chi connectivity index (χ0n) is 34.1. The quantitative estimate of drug-likeness (QED) is 0.151. The van der Waals surface area contributed by atoms with Gasteiger partial charge in [-0.2, -0.15) is 0 Å². The minimum Gasteiger partial charge on any atom is -0.456 e. The molecule has 0 bridgehead atoms. The van der Waals surface area contributed by atoms with E-state index in [1.165, 1.54) is 0 Å². The second-order valence-corrected chi connectivity index (χ2v) is 15.9. The zero-order chi connectivity index (χ0) is 41.7. The maximum Gasteiger partial charge on any atom is 0.160 e. The van der Waals surface area contributed by atoms with Crippen molar-refractivity contribution in [3.05, 3.63) is 224 Å². The van der Waals surface area contributed by atoms with Crippen LogP contribution in [0.25, 0.3) is 122 Å². The van der Waals surface area contributed by atoms with Crippen molar-refractivity contribution in [2.75, 3.05) is 0 Å². The van der Waals surface area contributed by atoms with E-state index in [-0.39, 0.29) is 0 Å². The number of rotatable bonds is 7. The van der Waals surface area contributed by atoms with Gasteiger partial charge in [0.25, 0.3) is 0 Å². The molecule has 0 aliphatic heterocycles. The molecule has 0 fully saturated rings. The van der Waals surface area contributed by atoms with Crippen molar-refractivity contribution < 1.29 is 4.42 Å². The Kier molecular flexibility index (Phi) is 8.79. The first-order valence-corrected chi connectivity index (χ1v) is 21.3. The predicted octanol–water partition coefficient (Wildman–Crippen LogP) is 15.7. The summed E-state index contributed by atoms with van der Waals surface area (Å²) in [5.74, 6) is 0.684. The Hall–Kier alpha value is -8.47. The first kappa shape index (κ1) is 36.4. The molecule has 294 valence electrons. The number of furan rings is 1. The van der Waals surface area contributed by atoms with Crippen molar-refractivity contribution in [2.45, 2.75) is 0 Å². The molecule has 0 unspecified atom stereocenters. The monoisotopic (exact) mass is 803 g/mol. The van der Waals surface area contributed by atoms with E-state index in [9.17, 15) is 0 Å². The van der Waals surface area contributed by atoms with Crippen LogP contribution in [0, 0.1) is 0 Å². The maximum atomic E-state index is 6.63. The van der Waals surface area contributed by atoms with Crippen LogP contribution in [-0.2, 0) is 0 Å². The molecule has 0 aliphatic rings. The largest absolute Gasteiger partial charge is 0.456 e. The molecule has 9 aromatic carbocycles. The Morgan fingerprint density at radius 2 is 0.778 bits per heavy atom. The number of para-hydroxylation sites is 2. The van der Waals surface area contributed by atoms with Gasteiger partial charge in [0.1, 0.15) is 11.2 Å². The van der Waals surface area contributed by atoms with E-state index in [1.807, 2.05) is 30.3 Å². The van der Waals surface area contributed by atoms with E-state index in [1.54, 1.807) is 0 Å². The molecular weight excluding hydrogens is 767 g/mol. The van der Waals surface area contributed by atoms with Crippen molar-refractivity contribution in [1.29, 1.82) is 0 Å². The predicted molar refractivity (Wildman–Crippen MR) is 260 cm³/mol. The molecule has 12 aromatic rings. The van der Waals surface area contributed by atoms with Crippen LogP contribution in [0.4, 0.5) is 0 Å². The lowest BCUT2D eigenvalue weighted by molar-refractivity contribution is 0.669. The van der Waals surface area contributed by atoms with Crippen molar-refractivity contribution in [3.63, 3.8) is 0 Å². The van der Waals surface area contributed by atoms with Crippen LogP contribution in [0.1, 0.15) is 0 Å². The molecule has 0 saturated heterocycles. The Bertz CT molecular complexity index is 3670. The minimum absolute atomic E-state index is 0.684. The first-order valence-electron chi connectivity index (χ1n) is 21.3. The van der Waals surface area contributed by atoms with Gasteiger partial charge in [-0.25, -0.2) is 15.0 Å². The van der Waals surface area contributed by atoms with Gasteiger partial charge < -0.3 is 4.42 Å². The van der Waals surface area contributed by atoms with E-state index in [0.717, 1.165) is 116 Å². The second kappa shape index (κ2) is 15.2. The molecule has 0 radical (unpaired) electrons. The smallest absolute Gasteiger partial charge is 0.160 e. The van der Waals surface area contributed by atoms with Crippen LogP contribution in [-0.4, -0.2) is 15.0 Å². The second-order valence-electron chi connectivity index (χ2n) is 15.9. The summed E-state index contributed by atoms with van der Waals surface area (Å²) in [4.78, 5) is 15.7. The molecule has 4 nitrogen and oxygen atoms in total. The van der Waals surface area contributed by atoms with Gasteiger partial charge in [0.2, 0.25) is 0 Å². The van der Waals surface area contributed by atoms with Crippen molar-refractivity contribution in [2.24, 2.45) is 0 Å². The Balaban J connectivity index is 1.02. The standard InChI is InChI=1S/C59H37N3O/c1-4-17-38(18-5-1)41-23-14-26-44(33-41)51-37-52(62-59(61-51)40-21-8-3-9-22-40)45-27-15-24-42(34-45)43-25-16-28-46(35-43)58-49-36-54-57(48-30-11-13-32-53(48)63-54)55(39-19-6-2-7-20-39)56(49)47-29-10-12-31-50(47)60-58/h1-37H. The van der Waals surface area contributed by atoms with Gasteiger partial charge in [0.05, 0.1) is 22.6 Å². The molecule has 4 heteroatoms. The van der Waals surface area contributed by atoms with Crippen LogP contribution in [0.3, 0.4) is 0 Å². The number of benzene rings is 9. The molecule has 0 spiro atoms. The van der Waals surface area contributed by atoms with Crippen LogP contribution in [0.2, 0.25) is 0 Å². The van der Waals surface area contributed by atoms with Gasteiger partial charge in [-0.05, 0) is 70.3 Å². The zero-order valence-corrected chi connectivity index (χ0v) is 34.1. The van der Waals surface area contributed by atoms with Gasteiger partial charge in [-0.3, -0.25) is 0 Å². The fourth-order valence-electron chi connectivity index (χ4n) is 9.08. The van der Waals surface area contributed by atoms with Gasteiger partial charge in [-0.1, -0.05) is 182 Å². The highest BCUT2D eigenvalue weighted by Gasteiger charge is 2.22. The number of hydrogen-bond acceptors (Lipinski definition) is 4. The molecule has 63 heavy (non-hydrogen) atoms. The van der Waals surface area contributed by atoms with E-state index in [4.69, 9.17) is 19.4 Å². The fourth-order valence-corrected chi connectivity index (χ4v) is 9.08. The van der Waals surface area contributed by atoms with E-state index in [0.29, 0.717) is 5.82 Å². The summed E-state index contributed by atoms with van der Waals surface area (Å²) < 4.78 is 6.63. The minimum atomic E-state index is 0.684. The summed E-state index contributed by atoms with van der Waals surface area (Å²) in [7, 11) is 0. The van der Waals surface area contributed by atoms with Crippen molar-refractivity contribution in [1.82, 2.24) is 15.0 Å². The Morgan fingerprint density at radius 1 is 0.286 bits per heavy atom. The summed E-state index contributed by atoms with van der Waals surface area (Å²) in [5.41, 5.74) is 16.1. The summed E-state index contributed by atoms with van der Waals surface area (Å²) in [6, 6.07) is 78.5. The molecule has 0 amide bonds. The number of fused-ring (bicyclic) bond motifs is 6. The number of aromatic nitrogens is 3. The lowest BCUT2D eigenvalue weighted by atomic mass is 9.89. The SMILES string of the molecule is c1ccc(-c2cccc(-c3cc(-c4cccc(-c5cccc(-c6nc7ccccc7c7c(-c8ccccc8)c8c(cc67)oc6ccccc68)c5)c4)nc(-c4ccccc4)n3)c2)cc1. The number of pyridine rings is 1. The topological polar surface area (TPSA) is 51.8 Å². The lowest BCUT2D eigenvalue weighted by Crippen LogP contribution is -1.96. The molecule has 0 atom stereocenters. The maximum absolute atomic E-state index is 6.63. The first-order chi connectivity index (χ1) is 31.2. The molecule has 0 aliphatic carbocycles. The summed E-state index contributed by atoms with van der Waals surface area (Å²) in [6.45, 7) is 0. The molecular formula is C59H37N3O. The number of hydrogen-bond donors (Lipinski definition) is 0. The Labute approximate surface area is 364 Å². The average Bonchev–Trinajstić information content (AvgIpc) is 3.74. The highest BCUT2D eigenvalue weighted by molar-refractivity contribution is 6.27. The summed E-state index contributed by atoms with van der Waals surface area (Å²) >= 11 is 0.